The average molecular weight is 348 g/mol. The highest BCUT2D eigenvalue weighted by molar-refractivity contribution is 5.78. The summed E-state index contributed by atoms with van der Waals surface area (Å²) in [5.74, 6) is 2.12. The number of nitrogens with one attached hydrogen (secondary N) is 1. The van der Waals surface area contributed by atoms with Gasteiger partial charge in [0.25, 0.3) is 0 Å². The van der Waals surface area contributed by atoms with Crippen molar-refractivity contribution in [1.29, 1.82) is 0 Å². The molecule has 1 amide bonds. The number of nitrogens with zero attached hydrogens (tertiary/aromatic N) is 1. The quantitative estimate of drug-likeness (QED) is 0.660. The molecule has 5 heteroatoms. The number of rotatable bonds is 10. The van der Waals surface area contributed by atoms with Gasteiger partial charge in [-0.3, -0.25) is 9.69 Å². The van der Waals surface area contributed by atoms with Crippen molar-refractivity contribution in [3.05, 3.63) is 24.3 Å². The molecule has 0 spiro atoms. The molecule has 5 nitrogen and oxygen atoms in total. The van der Waals surface area contributed by atoms with Crippen LogP contribution in [0.25, 0.3) is 0 Å². The van der Waals surface area contributed by atoms with Gasteiger partial charge in [-0.05, 0) is 56.6 Å². The molecule has 1 heterocycles. The van der Waals surface area contributed by atoms with Gasteiger partial charge in [0.05, 0.1) is 7.11 Å². The third-order valence-corrected chi connectivity index (χ3v) is 4.77. The zero-order valence-corrected chi connectivity index (χ0v) is 15.6. The average Bonchev–Trinajstić information content (AvgIpc) is 2.66. The van der Waals surface area contributed by atoms with Crippen LogP contribution in [0.3, 0.4) is 0 Å². The van der Waals surface area contributed by atoms with Crippen LogP contribution in [-0.4, -0.2) is 50.7 Å². The predicted octanol–water partition coefficient (Wildman–Crippen LogP) is 3.09. The summed E-state index contributed by atoms with van der Waals surface area (Å²) < 4.78 is 10.9. The highest BCUT2D eigenvalue weighted by atomic mass is 16.5. The van der Waals surface area contributed by atoms with Crippen LogP contribution in [-0.2, 0) is 4.79 Å². The van der Waals surface area contributed by atoms with Crippen LogP contribution < -0.4 is 14.8 Å². The van der Waals surface area contributed by atoms with Crippen molar-refractivity contribution in [2.24, 2.45) is 5.92 Å². The number of carbonyl (C=O) groups is 1. The molecule has 1 aromatic carbocycles. The van der Waals surface area contributed by atoms with E-state index in [9.17, 15) is 4.79 Å². The van der Waals surface area contributed by atoms with Crippen LogP contribution in [0.1, 0.15) is 39.0 Å². The molecule has 25 heavy (non-hydrogen) atoms. The Labute approximate surface area is 151 Å². The number of piperidine rings is 1. The summed E-state index contributed by atoms with van der Waals surface area (Å²) >= 11 is 0. The highest BCUT2D eigenvalue weighted by Gasteiger charge is 2.24. The van der Waals surface area contributed by atoms with Crippen LogP contribution in [0.5, 0.6) is 11.5 Å². The van der Waals surface area contributed by atoms with Crippen molar-refractivity contribution < 1.29 is 14.3 Å². The Bertz CT molecular complexity index is 496. The van der Waals surface area contributed by atoms with E-state index >= 15 is 0 Å². The summed E-state index contributed by atoms with van der Waals surface area (Å²) in [4.78, 5) is 14.5. The maximum absolute atomic E-state index is 12.2. The van der Waals surface area contributed by atoms with Gasteiger partial charge in [0.15, 0.2) is 0 Å². The largest absolute Gasteiger partial charge is 0.497 e. The van der Waals surface area contributed by atoms with E-state index in [2.05, 4.69) is 17.1 Å². The second kappa shape index (κ2) is 11.0. The molecule has 0 unspecified atom stereocenters. The maximum Gasteiger partial charge on any atom is 0.223 e. The van der Waals surface area contributed by atoms with Crippen molar-refractivity contribution >= 4 is 5.91 Å². The van der Waals surface area contributed by atoms with E-state index in [1.807, 2.05) is 24.3 Å². The lowest BCUT2D eigenvalue weighted by Gasteiger charge is -2.31. The Balaban J connectivity index is 1.59. The molecule has 0 radical (unpaired) electrons. The Morgan fingerprint density at radius 1 is 1.16 bits per heavy atom. The molecule has 0 aromatic heterocycles. The molecular formula is C20H32N2O3. The lowest BCUT2D eigenvalue weighted by Crippen LogP contribution is -2.42. The normalized spacial score (nSPS) is 15.8. The number of unbranched alkanes of at least 4 members (excludes halogenated alkanes) is 2. The minimum Gasteiger partial charge on any atom is -0.497 e. The molecule has 1 aliphatic heterocycles. The lowest BCUT2D eigenvalue weighted by atomic mass is 9.96. The van der Waals surface area contributed by atoms with Gasteiger partial charge in [0.1, 0.15) is 18.1 Å². The van der Waals surface area contributed by atoms with Crippen LogP contribution in [0.15, 0.2) is 24.3 Å². The first-order chi connectivity index (χ1) is 12.2. The molecule has 0 saturated carbocycles. The van der Waals surface area contributed by atoms with E-state index in [0.717, 1.165) is 56.9 Å². The first-order valence-corrected chi connectivity index (χ1v) is 9.50. The number of methoxy groups -OCH3 is 1. The van der Waals surface area contributed by atoms with Gasteiger partial charge < -0.3 is 14.8 Å². The molecule has 1 aliphatic rings. The fourth-order valence-electron chi connectivity index (χ4n) is 3.11. The number of hydrogen-bond acceptors (Lipinski definition) is 4. The second-order valence-electron chi connectivity index (χ2n) is 6.64. The molecule has 0 bridgehead atoms. The zero-order valence-electron chi connectivity index (χ0n) is 15.6. The van der Waals surface area contributed by atoms with Crippen molar-refractivity contribution in [2.75, 3.05) is 39.9 Å². The summed E-state index contributed by atoms with van der Waals surface area (Å²) in [7, 11) is 1.66. The van der Waals surface area contributed by atoms with Crippen molar-refractivity contribution in [3.63, 3.8) is 0 Å². The number of benzene rings is 1. The van der Waals surface area contributed by atoms with Crippen LogP contribution in [0.4, 0.5) is 0 Å². The maximum atomic E-state index is 12.2. The standard InChI is InChI=1S/C20H32N2O3/c1-3-4-5-12-21-20(23)17-10-13-22(14-11-17)15-16-25-19-8-6-18(24-2)7-9-19/h6-9,17H,3-5,10-16H2,1-2H3,(H,21,23). The summed E-state index contributed by atoms with van der Waals surface area (Å²) in [6, 6.07) is 7.65. The van der Waals surface area contributed by atoms with Crippen molar-refractivity contribution in [3.8, 4) is 11.5 Å². The first-order valence-electron chi connectivity index (χ1n) is 9.50. The smallest absolute Gasteiger partial charge is 0.223 e. The number of hydrogen-bond donors (Lipinski definition) is 1. The number of amides is 1. The van der Waals surface area contributed by atoms with E-state index in [1.165, 1.54) is 12.8 Å². The van der Waals surface area contributed by atoms with Gasteiger partial charge in [0.2, 0.25) is 5.91 Å². The van der Waals surface area contributed by atoms with E-state index < -0.39 is 0 Å². The van der Waals surface area contributed by atoms with E-state index in [4.69, 9.17) is 9.47 Å². The third kappa shape index (κ3) is 6.94. The Hall–Kier alpha value is -1.75. The Kier molecular flexibility index (Phi) is 8.60. The van der Waals surface area contributed by atoms with Gasteiger partial charge in [-0.2, -0.15) is 0 Å². The summed E-state index contributed by atoms with van der Waals surface area (Å²) in [6.45, 7) is 6.51. The monoisotopic (exact) mass is 348 g/mol. The van der Waals surface area contributed by atoms with E-state index in [0.29, 0.717) is 6.61 Å². The van der Waals surface area contributed by atoms with E-state index in [-0.39, 0.29) is 11.8 Å². The number of carbonyl (C=O) groups excluding carboxylic acids is 1. The topological polar surface area (TPSA) is 50.8 Å². The second-order valence-corrected chi connectivity index (χ2v) is 6.64. The molecule has 1 saturated heterocycles. The first kappa shape index (κ1) is 19.6. The van der Waals surface area contributed by atoms with Crippen molar-refractivity contribution in [1.82, 2.24) is 10.2 Å². The number of ether oxygens (including phenoxy) is 2. The predicted molar refractivity (Wildman–Crippen MR) is 100 cm³/mol. The zero-order chi connectivity index (χ0) is 17.9. The van der Waals surface area contributed by atoms with Crippen LogP contribution >= 0.6 is 0 Å². The Morgan fingerprint density at radius 2 is 1.84 bits per heavy atom. The number of likely N-dealkylation sites (tertiary alicyclic amines) is 1. The van der Waals surface area contributed by atoms with Crippen molar-refractivity contribution in [2.45, 2.75) is 39.0 Å². The van der Waals surface area contributed by atoms with Crippen LogP contribution in [0.2, 0.25) is 0 Å². The molecule has 140 valence electrons. The third-order valence-electron chi connectivity index (χ3n) is 4.77. The molecule has 1 aromatic rings. The summed E-state index contributed by atoms with van der Waals surface area (Å²) in [5.41, 5.74) is 0. The molecular weight excluding hydrogens is 316 g/mol. The minimum absolute atomic E-state index is 0.181. The molecule has 1 fully saturated rings. The molecule has 1 N–H and O–H groups in total. The molecule has 0 atom stereocenters. The minimum atomic E-state index is 0.181. The van der Waals surface area contributed by atoms with Crippen LogP contribution in [0, 0.1) is 5.92 Å². The summed E-state index contributed by atoms with van der Waals surface area (Å²) in [6.07, 6.45) is 5.36. The van der Waals surface area contributed by atoms with E-state index in [1.54, 1.807) is 7.11 Å². The van der Waals surface area contributed by atoms with Gasteiger partial charge >= 0.3 is 0 Å². The lowest BCUT2D eigenvalue weighted by molar-refractivity contribution is -0.126. The fourth-order valence-corrected chi connectivity index (χ4v) is 3.11. The van der Waals surface area contributed by atoms with Gasteiger partial charge in [-0.1, -0.05) is 19.8 Å². The van der Waals surface area contributed by atoms with Gasteiger partial charge in [0, 0.05) is 19.0 Å². The summed E-state index contributed by atoms with van der Waals surface area (Å²) in [5, 5.41) is 3.08. The highest BCUT2D eigenvalue weighted by Crippen LogP contribution is 2.19. The molecule has 0 aliphatic carbocycles. The molecule has 2 rings (SSSR count). The van der Waals surface area contributed by atoms with Gasteiger partial charge in [-0.25, -0.2) is 0 Å². The SMILES string of the molecule is CCCCCNC(=O)C1CCN(CCOc2ccc(OC)cc2)CC1. The Morgan fingerprint density at radius 3 is 2.48 bits per heavy atom. The fraction of sp³-hybridized carbons (Fsp3) is 0.650. The van der Waals surface area contributed by atoms with Gasteiger partial charge in [-0.15, -0.1) is 0 Å².